The van der Waals surface area contributed by atoms with E-state index in [2.05, 4.69) is 207 Å². The lowest BCUT2D eigenvalue weighted by atomic mass is 9.73. The Morgan fingerprint density at radius 3 is 1.86 bits per heavy atom. The summed E-state index contributed by atoms with van der Waals surface area (Å²) >= 11 is 0. The Morgan fingerprint density at radius 1 is 0.404 bits per heavy atom. The zero-order chi connectivity index (χ0) is 37.9. The summed E-state index contributed by atoms with van der Waals surface area (Å²) in [6.45, 7) is 4.75. The standard InChI is InChI=1S/C56H41N/c1-55(2)51-20-9-6-16-47(51)49-18-11-17-45(54(49)55)37-24-26-40(27-25-37)57(41-28-30-44-39(34-41)23-22-36-12-3-5-14-43(36)44)42-29-31-48-46-15-7-10-21-52(46)56(53(48)35-42)33-32-38-13-4-8-19-50(38)56/h3-31,34-35H,32-33H2,1-2H3. The molecule has 0 fully saturated rings. The third-order valence-corrected chi connectivity index (χ3v) is 13.6. The van der Waals surface area contributed by atoms with E-state index < -0.39 is 0 Å². The van der Waals surface area contributed by atoms with Crippen LogP contribution in [-0.4, -0.2) is 0 Å². The van der Waals surface area contributed by atoms with Crippen LogP contribution in [0.25, 0.3) is 54.9 Å². The van der Waals surface area contributed by atoms with Crippen LogP contribution < -0.4 is 4.90 Å². The molecule has 1 atom stereocenters. The van der Waals surface area contributed by atoms with Crippen LogP contribution in [0.1, 0.15) is 53.6 Å². The van der Waals surface area contributed by atoms with Gasteiger partial charge in [0.05, 0.1) is 0 Å². The van der Waals surface area contributed by atoms with E-state index >= 15 is 0 Å². The molecule has 1 heteroatoms. The van der Waals surface area contributed by atoms with Gasteiger partial charge in [-0.3, -0.25) is 0 Å². The number of rotatable bonds is 4. The summed E-state index contributed by atoms with van der Waals surface area (Å²) in [5.74, 6) is 0. The van der Waals surface area contributed by atoms with Crippen molar-refractivity contribution in [3.8, 4) is 33.4 Å². The van der Waals surface area contributed by atoms with Crippen molar-refractivity contribution in [3.63, 3.8) is 0 Å². The van der Waals surface area contributed by atoms with Gasteiger partial charge in [0.25, 0.3) is 0 Å². The Balaban J connectivity index is 1.04. The lowest BCUT2D eigenvalue weighted by Crippen LogP contribution is -2.24. The highest BCUT2D eigenvalue weighted by Gasteiger charge is 2.48. The molecule has 0 aromatic heterocycles. The molecule has 0 heterocycles. The largest absolute Gasteiger partial charge is 0.310 e. The van der Waals surface area contributed by atoms with Crippen molar-refractivity contribution in [1.29, 1.82) is 0 Å². The zero-order valence-electron chi connectivity index (χ0n) is 32.3. The summed E-state index contributed by atoms with van der Waals surface area (Å²) in [5.41, 5.74) is 19.8. The monoisotopic (exact) mass is 727 g/mol. The van der Waals surface area contributed by atoms with Gasteiger partial charge in [0.1, 0.15) is 0 Å². The summed E-state index contributed by atoms with van der Waals surface area (Å²) in [6.07, 6.45) is 2.17. The van der Waals surface area contributed by atoms with E-state index in [0.717, 1.165) is 24.2 Å². The molecule has 0 radical (unpaired) electrons. The van der Waals surface area contributed by atoms with E-state index in [1.807, 2.05) is 0 Å². The van der Waals surface area contributed by atoms with Gasteiger partial charge in [0.15, 0.2) is 0 Å². The predicted octanol–water partition coefficient (Wildman–Crippen LogP) is 14.7. The number of anilines is 3. The SMILES string of the molecule is CC1(C)c2ccccc2-c2cccc(-c3ccc(N(c4ccc5c(c4)C4(CCc6ccccc64)c4ccccc4-5)c4ccc5c(ccc6ccccc65)c4)cc3)c21. The maximum Gasteiger partial charge on any atom is 0.0470 e. The fourth-order valence-electron chi connectivity index (χ4n) is 11.1. The lowest BCUT2D eigenvalue weighted by molar-refractivity contribution is 0.626. The second-order valence-corrected chi connectivity index (χ2v) is 16.8. The molecule has 9 aromatic rings. The first kappa shape index (κ1) is 32.5. The molecule has 57 heavy (non-hydrogen) atoms. The van der Waals surface area contributed by atoms with Gasteiger partial charge in [-0.15, -0.1) is 0 Å². The van der Waals surface area contributed by atoms with Gasteiger partial charge in [-0.05, 0) is 138 Å². The molecular weight excluding hydrogens is 687 g/mol. The van der Waals surface area contributed by atoms with Crippen molar-refractivity contribution in [3.05, 3.63) is 221 Å². The Hall–Kier alpha value is -6.70. The molecule has 270 valence electrons. The number of aryl methyl sites for hydroxylation is 1. The maximum atomic E-state index is 2.51. The van der Waals surface area contributed by atoms with E-state index in [1.54, 1.807) is 0 Å². The van der Waals surface area contributed by atoms with Crippen LogP contribution in [0.3, 0.4) is 0 Å². The first-order valence-corrected chi connectivity index (χ1v) is 20.4. The molecule has 0 aliphatic heterocycles. The van der Waals surface area contributed by atoms with Crippen LogP contribution in [0.5, 0.6) is 0 Å². The first-order chi connectivity index (χ1) is 28.0. The van der Waals surface area contributed by atoms with E-state index in [0.29, 0.717) is 0 Å². The number of nitrogens with zero attached hydrogens (tertiary/aromatic N) is 1. The van der Waals surface area contributed by atoms with Crippen molar-refractivity contribution >= 4 is 38.6 Å². The first-order valence-electron chi connectivity index (χ1n) is 20.4. The van der Waals surface area contributed by atoms with Crippen LogP contribution in [0.2, 0.25) is 0 Å². The molecule has 1 unspecified atom stereocenters. The summed E-state index contributed by atoms with van der Waals surface area (Å²) in [4.78, 5) is 2.48. The highest BCUT2D eigenvalue weighted by atomic mass is 15.1. The lowest BCUT2D eigenvalue weighted by Gasteiger charge is -2.31. The topological polar surface area (TPSA) is 3.24 Å². The smallest absolute Gasteiger partial charge is 0.0470 e. The maximum absolute atomic E-state index is 2.51. The predicted molar refractivity (Wildman–Crippen MR) is 239 cm³/mol. The normalized spacial score (nSPS) is 16.7. The minimum atomic E-state index is -0.158. The fourth-order valence-corrected chi connectivity index (χ4v) is 11.1. The summed E-state index contributed by atoms with van der Waals surface area (Å²) in [7, 11) is 0. The third kappa shape index (κ3) is 4.51. The quantitative estimate of drug-likeness (QED) is 0.163. The highest BCUT2D eigenvalue weighted by Crippen LogP contribution is 2.59. The summed E-state index contributed by atoms with van der Waals surface area (Å²) in [6, 6.07) is 70.9. The minimum absolute atomic E-state index is 0.0840. The Labute approximate surface area is 334 Å². The van der Waals surface area contributed by atoms with Crippen LogP contribution in [0, 0.1) is 0 Å². The van der Waals surface area contributed by atoms with Gasteiger partial charge in [-0.1, -0.05) is 166 Å². The second kappa shape index (κ2) is 11.9. The molecule has 1 nitrogen and oxygen atoms in total. The van der Waals surface area contributed by atoms with E-state index in [-0.39, 0.29) is 10.8 Å². The van der Waals surface area contributed by atoms with Gasteiger partial charge in [0.2, 0.25) is 0 Å². The molecule has 0 amide bonds. The minimum Gasteiger partial charge on any atom is -0.310 e. The molecule has 12 rings (SSSR count). The van der Waals surface area contributed by atoms with Gasteiger partial charge < -0.3 is 4.90 Å². The van der Waals surface area contributed by atoms with Crippen molar-refractivity contribution in [2.24, 2.45) is 0 Å². The Kier molecular flexibility index (Phi) is 6.79. The van der Waals surface area contributed by atoms with Crippen LogP contribution in [0.4, 0.5) is 17.1 Å². The molecule has 3 aliphatic rings. The van der Waals surface area contributed by atoms with Crippen molar-refractivity contribution < 1.29 is 0 Å². The van der Waals surface area contributed by atoms with Gasteiger partial charge in [-0.25, -0.2) is 0 Å². The average Bonchev–Trinajstić information content (AvgIpc) is 3.87. The summed E-state index contributed by atoms with van der Waals surface area (Å²) in [5, 5.41) is 5.07. The molecule has 9 aromatic carbocycles. The van der Waals surface area contributed by atoms with E-state index in [9.17, 15) is 0 Å². The van der Waals surface area contributed by atoms with Crippen molar-refractivity contribution in [2.75, 3.05) is 4.90 Å². The number of hydrogen-bond donors (Lipinski definition) is 0. The van der Waals surface area contributed by atoms with Crippen LogP contribution >= 0.6 is 0 Å². The second-order valence-electron chi connectivity index (χ2n) is 16.8. The van der Waals surface area contributed by atoms with E-state index in [4.69, 9.17) is 0 Å². The van der Waals surface area contributed by atoms with Crippen LogP contribution in [0.15, 0.2) is 188 Å². The number of benzene rings is 9. The number of fused-ring (bicyclic) bond motifs is 13. The molecule has 0 N–H and O–H groups in total. The third-order valence-electron chi connectivity index (χ3n) is 13.6. The Bertz CT molecular complexity index is 3110. The zero-order valence-corrected chi connectivity index (χ0v) is 32.3. The number of hydrogen-bond acceptors (Lipinski definition) is 1. The van der Waals surface area contributed by atoms with E-state index in [1.165, 1.54) is 94.0 Å². The molecule has 1 spiro atoms. The van der Waals surface area contributed by atoms with Crippen LogP contribution in [-0.2, 0) is 17.3 Å². The Morgan fingerprint density at radius 2 is 1.00 bits per heavy atom. The molecule has 0 saturated heterocycles. The molecule has 0 bridgehead atoms. The molecule has 3 aliphatic carbocycles. The molecular formula is C56H41N. The highest BCUT2D eigenvalue weighted by molar-refractivity contribution is 6.08. The van der Waals surface area contributed by atoms with Gasteiger partial charge in [0, 0.05) is 27.9 Å². The van der Waals surface area contributed by atoms with Gasteiger partial charge in [-0.2, -0.15) is 0 Å². The van der Waals surface area contributed by atoms with Crippen molar-refractivity contribution in [2.45, 2.75) is 37.5 Å². The fraction of sp³-hybridized carbons (Fsp3) is 0.107. The van der Waals surface area contributed by atoms with Crippen molar-refractivity contribution in [1.82, 2.24) is 0 Å². The van der Waals surface area contributed by atoms with Gasteiger partial charge >= 0.3 is 0 Å². The average molecular weight is 728 g/mol. The summed E-state index contributed by atoms with van der Waals surface area (Å²) < 4.78 is 0. The molecule has 0 saturated carbocycles.